The van der Waals surface area contributed by atoms with Gasteiger partial charge in [0.1, 0.15) is 23.1 Å². The minimum atomic E-state index is -0.779. The average Bonchev–Trinajstić information content (AvgIpc) is 2.65. The van der Waals surface area contributed by atoms with Crippen molar-refractivity contribution in [3.8, 4) is 17.6 Å². The zero-order valence-corrected chi connectivity index (χ0v) is 14.6. The lowest BCUT2D eigenvalue weighted by atomic mass is 10.2. The highest BCUT2D eigenvalue weighted by atomic mass is 35.5. The van der Waals surface area contributed by atoms with Gasteiger partial charge in [-0.1, -0.05) is 11.6 Å². The first-order valence-electron chi connectivity index (χ1n) is 7.34. The Morgan fingerprint density at radius 2 is 2.07 bits per heavy atom. The summed E-state index contributed by atoms with van der Waals surface area (Å²) in [6.07, 6.45) is 1.10. The number of nitrogens with zero attached hydrogens (tertiary/aromatic N) is 2. The number of non-ortho nitro benzene ring substituents is 1. The number of nitriles is 1. The summed E-state index contributed by atoms with van der Waals surface area (Å²) in [6, 6.07) is 9.59. The molecule has 10 heteroatoms. The Morgan fingerprint density at radius 1 is 1.33 bits per heavy atom. The molecule has 1 amide bonds. The Labute approximate surface area is 158 Å². The van der Waals surface area contributed by atoms with Crippen molar-refractivity contribution >= 4 is 34.6 Å². The molecule has 0 unspecified atom stereocenters. The number of amides is 1. The van der Waals surface area contributed by atoms with Crippen LogP contribution >= 0.6 is 11.6 Å². The van der Waals surface area contributed by atoms with Crippen LogP contribution in [-0.4, -0.2) is 23.0 Å². The van der Waals surface area contributed by atoms with E-state index in [1.54, 1.807) is 6.07 Å². The second-order valence-corrected chi connectivity index (χ2v) is 5.51. The van der Waals surface area contributed by atoms with E-state index in [1.807, 2.05) is 0 Å². The lowest BCUT2D eigenvalue weighted by Gasteiger charge is -2.10. The third-order valence-corrected chi connectivity index (χ3v) is 3.57. The fraction of sp³-hybridized carbons (Fsp3) is 0.0588. The van der Waals surface area contributed by atoms with Crippen LogP contribution in [0.5, 0.6) is 11.5 Å². The van der Waals surface area contributed by atoms with Gasteiger partial charge in [-0.15, -0.1) is 0 Å². The number of anilines is 2. The summed E-state index contributed by atoms with van der Waals surface area (Å²) < 4.78 is 5.02. The van der Waals surface area contributed by atoms with Crippen LogP contribution in [0.4, 0.5) is 17.1 Å². The molecule has 0 aliphatic carbocycles. The monoisotopic (exact) mass is 388 g/mol. The molecule has 3 N–H and O–H groups in total. The van der Waals surface area contributed by atoms with E-state index in [1.165, 1.54) is 37.4 Å². The number of nitro benzene ring substituents is 1. The molecule has 2 aromatic rings. The topological polar surface area (TPSA) is 138 Å². The summed E-state index contributed by atoms with van der Waals surface area (Å²) in [5, 5.41) is 35.1. The Hall–Kier alpha value is -3.77. The number of ether oxygens (including phenoxy) is 1. The quantitative estimate of drug-likeness (QED) is 0.226. The molecule has 0 saturated heterocycles. The van der Waals surface area contributed by atoms with E-state index in [0.717, 1.165) is 12.3 Å². The molecule has 9 nitrogen and oxygen atoms in total. The van der Waals surface area contributed by atoms with Crippen molar-refractivity contribution in [2.75, 3.05) is 17.7 Å². The zero-order valence-electron chi connectivity index (χ0n) is 13.9. The summed E-state index contributed by atoms with van der Waals surface area (Å²) in [7, 11) is 1.29. The molecule has 0 aromatic heterocycles. The number of carbonyl (C=O) groups is 1. The number of halogens is 1. The largest absolute Gasteiger partial charge is 0.506 e. The van der Waals surface area contributed by atoms with Gasteiger partial charge < -0.3 is 20.5 Å². The molecule has 0 atom stereocenters. The Morgan fingerprint density at radius 3 is 2.70 bits per heavy atom. The maximum atomic E-state index is 12.3. The molecule has 0 fully saturated rings. The number of methoxy groups -OCH3 is 1. The van der Waals surface area contributed by atoms with Crippen LogP contribution in [0.2, 0.25) is 5.02 Å². The standard InChI is InChI=1S/C17H13ClN4O5/c1-27-16-7-12(22(25)26)3-4-13(16)21-17(24)10(8-19)9-20-14-6-11(18)2-5-15(14)23/h2-7,9,20,23H,1H3,(H,21,24)/b10-9-. The number of aromatic hydroxyl groups is 1. The average molecular weight is 389 g/mol. The number of carbonyl (C=O) groups excluding carboxylic acids is 1. The third-order valence-electron chi connectivity index (χ3n) is 3.34. The predicted octanol–water partition coefficient (Wildman–Crippen LogP) is 3.42. The number of nitro groups is 1. The number of hydrogen-bond acceptors (Lipinski definition) is 7. The fourth-order valence-electron chi connectivity index (χ4n) is 2.01. The maximum Gasteiger partial charge on any atom is 0.273 e. The van der Waals surface area contributed by atoms with Crippen LogP contribution in [0.15, 0.2) is 48.2 Å². The van der Waals surface area contributed by atoms with Crippen LogP contribution in [0.3, 0.4) is 0 Å². The van der Waals surface area contributed by atoms with Crippen LogP contribution in [-0.2, 0) is 4.79 Å². The Kier molecular flexibility index (Phi) is 6.19. The molecular formula is C17H13ClN4O5. The van der Waals surface area contributed by atoms with Gasteiger partial charge in [0, 0.05) is 17.3 Å². The smallest absolute Gasteiger partial charge is 0.273 e. The van der Waals surface area contributed by atoms with E-state index >= 15 is 0 Å². The number of benzene rings is 2. The number of rotatable bonds is 6. The number of phenolic OH excluding ortho intramolecular Hbond substituents is 1. The van der Waals surface area contributed by atoms with Gasteiger partial charge >= 0.3 is 0 Å². The normalized spacial score (nSPS) is 10.6. The van der Waals surface area contributed by atoms with Crippen LogP contribution in [0, 0.1) is 21.4 Å². The highest BCUT2D eigenvalue weighted by molar-refractivity contribution is 6.30. The van der Waals surface area contributed by atoms with Gasteiger partial charge in [-0.05, 0) is 24.3 Å². The van der Waals surface area contributed by atoms with E-state index in [-0.39, 0.29) is 34.1 Å². The second-order valence-electron chi connectivity index (χ2n) is 5.07. The van der Waals surface area contributed by atoms with E-state index in [9.17, 15) is 25.3 Å². The Bertz CT molecular complexity index is 968. The SMILES string of the molecule is COc1cc([N+](=O)[O-])ccc1NC(=O)/C(C#N)=C\Nc1cc(Cl)ccc1O. The molecule has 2 rings (SSSR count). The number of nitrogens with one attached hydrogen (secondary N) is 2. The summed E-state index contributed by atoms with van der Waals surface area (Å²) in [5.74, 6) is -0.834. The molecule has 2 aromatic carbocycles. The Balaban J connectivity index is 2.21. The number of hydrogen-bond donors (Lipinski definition) is 3. The van der Waals surface area contributed by atoms with Crippen molar-refractivity contribution in [3.63, 3.8) is 0 Å². The molecule has 27 heavy (non-hydrogen) atoms. The first-order chi connectivity index (χ1) is 12.8. The second kappa shape index (κ2) is 8.55. The van der Waals surface area contributed by atoms with Crippen LogP contribution < -0.4 is 15.4 Å². The van der Waals surface area contributed by atoms with Gasteiger partial charge in [-0.3, -0.25) is 14.9 Å². The maximum absolute atomic E-state index is 12.3. The molecule has 138 valence electrons. The summed E-state index contributed by atoms with van der Waals surface area (Å²) in [4.78, 5) is 22.5. The molecule has 0 aliphatic rings. The highest BCUT2D eigenvalue weighted by Crippen LogP contribution is 2.29. The molecule has 0 aliphatic heterocycles. The first kappa shape index (κ1) is 19.6. The third kappa shape index (κ3) is 4.87. The van der Waals surface area contributed by atoms with Gasteiger partial charge in [0.15, 0.2) is 0 Å². The van der Waals surface area contributed by atoms with Gasteiger partial charge in [0.05, 0.1) is 29.5 Å². The van der Waals surface area contributed by atoms with E-state index < -0.39 is 10.8 Å². The van der Waals surface area contributed by atoms with Gasteiger partial charge in [0.2, 0.25) is 0 Å². The molecular weight excluding hydrogens is 376 g/mol. The number of phenols is 1. The highest BCUT2D eigenvalue weighted by Gasteiger charge is 2.16. The van der Waals surface area contributed by atoms with Crippen molar-refractivity contribution in [1.29, 1.82) is 5.26 Å². The van der Waals surface area contributed by atoms with Crippen molar-refractivity contribution in [2.24, 2.45) is 0 Å². The molecule has 0 radical (unpaired) electrons. The summed E-state index contributed by atoms with van der Waals surface area (Å²) >= 11 is 5.83. The minimum absolute atomic E-state index is 0.0651. The van der Waals surface area contributed by atoms with E-state index in [2.05, 4.69) is 10.6 Å². The zero-order chi connectivity index (χ0) is 20.0. The van der Waals surface area contributed by atoms with Crippen molar-refractivity contribution in [3.05, 3.63) is 63.3 Å². The molecule has 0 spiro atoms. The molecule has 0 heterocycles. The predicted molar refractivity (Wildman–Crippen MR) is 98.7 cm³/mol. The lowest BCUT2D eigenvalue weighted by Crippen LogP contribution is -2.15. The van der Waals surface area contributed by atoms with Crippen LogP contribution in [0.1, 0.15) is 0 Å². The minimum Gasteiger partial charge on any atom is -0.506 e. The summed E-state index contributed by atoms with van der Waals surface area (Å²) in [5.41, 5.74) is -0.162. The lowest BCUT2D eigenvalue weighted by molar-refractivity contribution is -0.384. The van der Waals surface area contributed by atoms with E-state index in [0.29, 0.717) is 5.02 Å². The van der Waals surface area contributed by atoms with Crippen molar-refractivity contribution in [1.82, 2.24) is 0 Å². The fourth-order valence-corrected chi connectivity index (χ4v) is 2.18. The summed E-state index contributed by atoms with van der Waals surface area (Å²) in [6.45, 7) is 0. The molecule has 0 saturated carbocycles. The van der Waals surface area contributed by atoms with E-state index in [4.69, 9.17) is 16.3 Å². The van der Waals surface area contributed by atoms with Gasteiger partial charge in [-0.25, -0.2) is 0 Å². The van der Waals surface area contributed by atoms with Gasteiger partial charge in [0.25, 0.3) is 11.6 Å². The van der Waals surface area contributed by atoms with Crippen molar-refractivity contribution < 1.29 is 19.6 Å². The van der Waals surface area contributed by atoms with Gasteiger partial charge in [-0.2, -0.15) is 5.26 Å². The molecule has 0 bridgehead atoms. The van der Waals surface area contributed by atoms with Crippen molar-refractivity contribution in [2.45, 2.75) is 0 Å². The first-order valence-corrected chi connectivity index (χ1v) is 7.72. The van der Waals surface area contributed by atoms with Crippen LogP contribution in [0.25, 0.3) is 0 Å².